The van der Waals surface area contributed by atoms with Gasteiger partial charge < -0.3 is 4.90 Å². The predicted octanol–water partition coefficient (Wildman–Crippen LogP) is 15.0. The summed E-state index contributed by atoms with van der Waals surface area (Å²) in [4.78, 5) is 2.09. The predicted molar refractivity (Wildman–Crippen MR) is 220 cm³/mol. The lowest BCUT2D eigenvalue weighted by atomic mass is 9.88. The number of anilines is 3. The number of hydrogen-bond acceptors (Lipinski definition) is 1. The Kier molecular flexibility index (Phi) is 7.24. The molecule has 0 fully saturated rings. The molecule has 0 aliphatic carbocycles. The summed E-state index contributed by atoms with van der Waals surface area (Å²) in [6.07, 6.45) is -4.43. The van der Waals surface area contributed by atoms with E-state index in [0.717, 1.165) is 67.3 Å². The van der Waals surface area contributed by atoms with Crippen molar-refractivity contribution in [1.29, 1.82) is 0 Å². The molecule has 0 spiro atoms. The van der Waals surface area contributed by atoms with Crippen molar-refractivity contribution in [2.75, 3.05) is 4.90 Å². The molecule has 10 aromatic rings. The van der Waals surface area contributed by atoms with Crippen LogP contribution in [0.4, 0.5) is 30.2 Å². The van der Waals surface area contributed by atoms with Gasteiger partial charge in [-0.25, -0.2) is 0 Å². The third-order valence-electron chi connectivity index (χ3n) is 10.9. The fraction of sp³-hybridized carbons (Fsp3) is 0.0400. The average Bonchev–Trinajstić information content (AvgIpc) is 3.20. The third kappa shape index (κ3) is 5.09. The van der Waals surface area contributed by atoms with E-state index in [2.05, 4.69) is 120 Å². The summed E-state index contributed by atoms with van der Waals surface area (Å²) in [7, 11) is 0. The van der Waals surface area contributed by atoms with Crippen LogP contribution in [0.3, 0.4) is 0 Å². The maximum Gasteiger partial charge on any atom is 0.416 e. The highest BCUT2D eigenvalue weighted by molar-refractivity contribution is 6.26. The zero-order chi connectivity index (χ0) is 36.6. The SMILES string of the molecule is Cc1ccc(N(c2ccc(C(F)(F)F)cc2)c2c3ccccc3c(-c3ccc(-c4ccc5ccc6cccc7ccc4c5c67)cc3)c3ccccc23)cc1. The van der Waals surface area contributed by atoms with Gasteiger partial charge in [0.05, 0.1) is 11.3 Å². The van der Waals surface area contributed by atoms with Gasteiger partial charge in [-0.05, 0) is 109 Å². The Balaban J connectivity index is 1.17. The molecule has 0 saturated carbocycles. The molecule has 10 aromatic carbocycles. The van der Waals surface area contributed by atoms with Gasteiger partial charge in [0.1, 0.15) is 0 Å². The van der Waals surface area contributed by atoms with Crippen molar-refractivity contribution >= 4 is 70.9 Å². The summed E-state index contributed by atoms with van der Waals surface area (Å²) in [5.41, 5.74) is 7.40. The minimum atomic E-state index is -4.43. The van der Waals surface area contributed by atoms with Gasteiger partial charge in [0.15, 0.2) is 0 Å². The van der Waals surface area contributed by atoms with Crippen LogP contribution in [-0.2, 0) is 6.18 Å². The summed E-state index contributed by atoms with van der Waals surface area (Å²) < 4.78 is 41.1. The van der Waals surface area contributed by atoms with E-state index in [0.29, 0.717) is 5.69 Å². The Hall–Kier alpha value is -6.65. The van der Waals surface area contributed by atoms with Crippen LogP contribution >= 0.6 is 0 Å². The number of rotatable bonds is 5. The number of fused-ring (bicyclic) bond motifs is 2. The van der Waals surface area contributed by atoms with Gasteiger partial charge in [-0.3, -0.25) is 0 Å². The molecule has 258 valence electrons. The second kappa shape index (κ2) is 12.2. The molecule has 0 amide bonds. The molecular formula is C50H32F3N. The zero-order valence-electron chi connectivity index (χ0n) is 29.3. The first-order chi connectivity index (χ1) is 26.3. The maximum absolute atomic E-state index is 13.7. The molecule has 0 aliphatic heterocycles. The number of benzene rings is 10. The first-order valence-corrected chi connectivity index (χ1v) is 18.1. The molecular weight excluding hydrogens is 672 g/mol. The van der Waals surface area contributed by atoms with Crippen LogP contribution in [0.1, 0.15) is 11.1 Å². The Morgan fingerprint density at radius 2 is 0.907 bits per heavy atom. The van der Waals surface area contributed by atoms with Crippen molar-refractivity contribution in [3.63, 3.8) is 0 Å². The van der Waals surface area contributed by atoms with Gasteiger partial charge in [0, 0.05) is 22.1 Å². The van der Waals surface area contributed by atoms with Crippen molar-refractivity contribution < 1.29 is 13.2 Å². The Morgan fingerprint density at radius 1 is 0.407 bits per heavy atom. The number of nitrogens with zero attached hydrogens (tertiary/aromatic N) is 1. The number of hydrogen-bond donors (Lipinski definition) is 0. The van der Waals surface area contributed by atoms with E-state index in [1.165, 1.54) is 37.9 Å². The maximum atomic E-state index is 13.7. The van der Waals surface area contributed by atoms with Crippen molar-refractivity contribution in [2.24, 2.45) is 0 Å². The molecule has 0 saturated heterocycles. The molecule has 10 rings (SSSR count). The quantitative estimate of drug-likeness (QED) is 0.127. The highest BCUT2D eigenvalue weighted by Gasteiger charge is 2.31. The van der Waals surface area contributed by atoms with Gasteiger partial charge in [-0.1, -0.05) is 145 Å². The van der Waals surface area contributed by atoms with Gasteiger partial charge in [0.25, 0.3) is 0 Å². The Labute approximate surface area is 310 Å². The number of alkyl halides is 3. The highest BCUT2D eigenvalue weighted by Crippen LogP contribution is 2.49. The van der Waals surface area contributed by atoms with Crippen molar-refractivity contribution in [1.82, 2.24) is 0 Å². The first-order valence-electron chi connectivity index (χ1n) is 18.1. The van der Waals surface area contributed by atoms with Crippen LogP contribution in [0, 0.1) is 6.92 Å². The molecule has 0 N–H and O–H groups in total. The van der Waals surface area contributed by atoms with Crippen molar-refractivity contribution in [3.8, 4) is 22.3 Å². The van der Waals surface area contributed by atoms with E-state index in [1.807, 2.05) is 43.3 Å². The van der Waals surface area contributed by atoms with E-state index >= 15 is 0 Å². The Morgan fingerprint density at radius 3 is 1.50 bits per heavy atom. The summed E-state index contributed by atoms with van der Waals surface area (Å²) >= 11 is 0. The molecule has 0 radical (unpaired) electrons. The summed E-state index contributed by atoms with van der Waals surface area (Å²) in [5.74, 6) is 0. The van der Waals surface area contributed by atoms with Crippen molar-refractivity contribution in [2.45, 2.75) is 13.1 Å². The molecule has 0 aliphatic rings. The summed E-state index contributed by atoms with van der Waals surface area (Å²) in [6, 6.07) is 59.0. The largest absolute Gasteiger partial charge is 0.416 e. The molecule has 1 nitrogen and oxygen atoms in total. The van der Waals surface area contributed by atoms with Gasteiger partial charge in [-0.15, -0.1) is 0 Å². The minimum absolute atomic E-state index is 0.646. The second-order valence-electron chi connectivity index (χ2n) is 14.1. The molecule has 4 heteroatoms. The molecule has 0 atom stereocenters. The zero-order valence-corrected chi connectivity index (χ0v) is 29.3. The monoisotopic (exact) mass is 703 g/mol. The van der Waals surface area contributed by atoms with Crippen LogP contribution < -0.4 is 4.90 Å². The second-order valence-corrected chi connectivity index (χ2v) is 14.1. The van der Waals surface area contributed by atoms with Crippen LogP contribution in [-0.4, -0.2) is 0 Å². The number of halogens is 3. The lowest BCUT2D eigenvalue weighted by molar-refractivity contribution is -0.137. The lowest BCUT2D eigenvalue weighted by Gasteiger charge is -2.30. The third-order valence-corrected chi connectivity index (χ3v) is 10.9. The molecule has 0 heterocycles. The van der Waals surface area contributed by atoms with E-state index in [-0.39, 0.29) is 0 Å². The van der Waals surface area contributed by atoms with E-state index in [4.69, 9.17) is 0 Å². The standard InChI is InChI=1S/C50H32F3N/c1-31-13-25-38(26-14-31)54(39-27-23-37(24-28-39)50(51,52)53)49-44-11-4-2-9-41(44)47(42-10-3-5-12-45(42)49)35-17-15-32(16-18-35)40-29-21-36-20-19-33-7-6-8-34-22-30-43(40)48(36)46(33)34/h2-30H,1H3. The van der Waals surface area contributed by atoms with E-state index in [9.17, 15) is 13.2 Å². The molecule has 54 heavy (non-hydrogen) atoms. The van der Waals surface area contributed by atoms with Crippen LogP contribution in [0.25, 0.3) is 76.1 Å². The van der Waals surface area contributed by atoms with Crippen LogP contribution in [0.15, 0.2) is 176 Å². The topological polar surface area (TPSA) is 3.24 Å². The van der Waals surface area contributed by atoms with Crippen molar-refractivity contribution in [3.05, 3.63) is 187 Å². The smallest absolute Gasteiger partial charge is 0.309 e. The fourth-order valence-corrected chi connectivity index (χ4v) is 8.36. The van der Waals surface area contributed by atoms with E-state index < -0.39 is 11.7 Å². The van der Waals surface area contributed by atoms with E-state index in [1.54, 1.807) is 12.1 Å². The van der Waals surface area contributed by atoms with Crippen LogP contribution in [0.2, 0.25) is 0 Å². The summed E-state index contributed by atoms with van der Waals surface area (Å²) in [5, 5.41) is 11.7. The molecule has 0 aromatic heterocycles. The molecule has 0 bridgehead atoms. The van der Waals surface area contributed by atoms with Gasteiger partial charge >= 0.3 is 6.18 Å². The first kappa shape index (κ1) is 32.0. The van der Waals surface area contributed by atoms with Gasteiger partial charge in [0.2, 0.25) is 0 Å². The Bertz CT molecular complexity index is 2940. The molecule has 0 unspecified atom stereocenters. The fourth-order valence-electron chi connectivity index (χ4n) is 8.36. The number of aryl methyl sites for hydroxylation is 1. The average molecular weight is 704 g/mol. The normalized spacial score (nSPS) is 12.1. The van der Waals surface area contributed by atoms with Gasteiger partial charge in [-0.2, -0.15) is 13.2 Å². The summed E-state index contributed by atoms with van der Waals surface area (Å²) in [6.45, 7) is 2.03. The van der Waals surface area contributed by atoms with Crippen LogP contribution in [0.5, 0.6) is 0 Å². The highest BCUT2D eigenvalue weighted by atomic mass is 19.4. The lowest BCUT2D eigenvalue weighted by Crippen LogP contribution is -2.12. The minimum Gasteiger partial charge on any atom is -0.309 e.